The minimum absolute atomic E-state index is 0.601. The molecule has 0 saturated heterocycles. The molecule has 2 nitrogen and oxygen atoms in total. The molecule has 1 atom stereocenters. The summed E-state index contributed by atoms with van der Waals surface area (Å²) in [6.45, 7) is 4.26. The summed E-state index contributed by atoms with van der Waals surface area (Å²) in [5.41, 5.74) is 1.35. The van der Waals surface area contributed by atoms with Crippen LogP contribution in [0.4, 0.5) is 0 Å². The van der Waals surface area contributed by atoms with Crippen molar-refractivity contribution in [3.05, 3.63) is 46.4 Å². The molecule has 0 aromatic carbocycles. The number of aromatic nitrogens is 1. The van der Waals surface area contributed by atoms with E-state index in [0.29, 0.717) is 5.92 Å². The smallest absolute Gasteiger partial charge is 0.0220 e. The normalized spacial score (nSPS) is 12.9. The Morgan fingerprint density at radius 1 is 1.44 bits per heavy atom. The van der Waals surface area contributed by atoms with Crippen molar-refractivity contribution in [2.45, 2.75) is 19.4 Å². The molecular weight excluding hydrogens is 216 g/mol. The van der Waals surface area contributed by atoms with Crippen LogP contribution in [0.2, 0.25) is 0 Å². The lowest BCUT2D eigenvalue weighted by molar-refractivity contribution is 0.621. The van der Waals surface area contributed by atoms with E-state index in [0.717, 1.165) is 13.1 Å². The Morgan fingerprint density at radius 2 is 2.31 bits per heavy atom. The molecule has 2 aromatic heterocycles. The average molecular weight is 234 g/mol. The van der Waals surface area contributed by atoms with Crippen LogP contribution in [-0.4, -0.2) is 11.1 Å². The van der Waals surface area contributed by atoms with Gasteiger partial charge in [0.2, 0.25) is 0 Å². The Morgan fingerprint density at radius 3 is 2.94 bits per heavy atom. The largest absolute Gasteiger partial charge is 0.357 e. The summed E-state index contributed by atoms with van der Waals surface area (Å²) in [7, 11) is 2.05. The maximum absolute atomic E-state index is 3.50. The molecule has 0 bridgehead atoms. The SMILES string of the molecule is CC(CNCc1ccn(C)c1)c1cccs1. The molecule has 2 aromatic rings. The van der Waals surface area contributed by atoms with Gasteiger partial charge in [0, 0.05) is 43.3 Å². The number of hydrogen-bond donors (Lipinski definition) is 1. The zero-order valence-corrected chi connectivity index (χ0v) is 10.6. The zero-order valence-electron chi connectivity index (χ0n) is 9.81. The highest BCUT2D eigenvalue weighted by Crippen LogP contribution is 2.19. The molecule has 1 unspecified atom stereocenters. The van der Waals surface area contributed by atoms with Crippen molar-refractivity contribution in [1.29, 1.82) is 0 Å². The van der Waals surface area contributed by atoms with Crippen LogP contribution in [0, 0.1) is 0 Å². The average Bonchev–Trinajstić information content (AvgIpc) is 2.89. The predicted octanol–water partition coefficient (Wildman–Crippen LogP) is 2.98. The highest BCUT2D eigenvalue weighted by Gasteiger charge is 2.05. The molecular formula is C13H18N2S. The van der Waals surface area contributed by atoms with Gasteiger partial charge in [-0.1, -0.05) is 13.0 Å². The predicted molar refractivity (Wildman–Crippen MR) is 69.9 cm³/mol. The third-order valence-electron chi connectivity index (χ3n) is 2.70. The Kier molecular flexibility index (Phi) is 3.80. The third kappa shape index (κ3) is 2.97. The minimum atomic E-state index is 0.601. The maximum atomic E-state index is 3.50. The van der Waals surface area contributed by atoms with E-state index in [2.05, 4.69) is 59.8 Å². The third-order valence-corrected chi connectivity index (χ3v) is 3.81. The van der Waals surface area contributed by atoms with Gasteiger partial charge in [-0.15, -0.1) is 11.3 Å². The first-order chi connectivity index (χ1) is 7.75. The minimum Gasteiger partial charge on any atom is -0.357 e. The van der Waals surface area contributed by atoms with Gasteiger partial charge in [-0.25, -0.2) is 0 Å². The lowest BCUT2D eigenvalue weighted by atomic mass is 10.1. The molecule has 2 rings (SSSR count). The first-order valence-corrected chi connectivity index (χ1v) is 6.48. The van der Waals surface area contributed by atoms with Gasteiger partial charge in [-0.2, -0.15) is 0 Å². The monoisotopic (exact) mass is 234 g/mol. The molecule has 3 heteroatoms. The highest BCUT2D eigenvalue weighted by atomic mass is 32.1. The molecule has 0 aliphatic carbocycles. The summed E-state index contributed by atoms with van der Waals surface area (Å²) in [4.78, 5) is 1.46. The second kappa shape index (κ2) is 5.32. The van der Waals surface area contributed by atoms with Crippen LogP contribution < -0.4 is 5.32 Å². The van der Waals surface area contributed by atoms with E-state index in [1.165, 1.54) is 10.4 Å². The van der Waals surface area contributed by atoms with E-state index in [-0.39, 0.29) is 0 Å². The van der Waals surface area contributed by atoms with E-state index in [1.54, 1.807) is 0 Å². The fourth-order valence-electron chi connectivity index (χ4n) is 1.77. The Hall–Kier alpha value is -1.06. The molecule has 0 amide bonds. The summed E-state index contributed by atoms with van der Waals surface area (Å²) in [5, 5.41) is 5.64. The number of nitrogens with zero attached hydrogens (tertiary/aromatic N) is 1. The molecule has 16 heavy (non-hydrogen) atoms. The fourth-order valence-corrected chi connectivity index (χ4v) is 2.56. The second-order valence-corrected chi connectivity index (χ2v) is 5.21. The summed E-state index contributed by atoms with van der Waals surface area (Å²) in [5.74, 6) is 0.601. The van der Waals surface area contributed by atoms with Gasteiger partial charge in [0.05, 0.1) is 0 Å². The zero-order chi connectivity index (χ0) is 11.4. The summed E-state index contributed by atoms with van der Waals surface area (Å²) < 4.78 is 2.08. The lowest BCUT2D eigenvalue weighted by Gasteiger charge is -2.10. The van der Waals surface area contributed by atoms with Crippen molar-refractivity contribution < 1.29 is 0 Å². The standard InChI is InChI=1S/C13H18N2S/c1-11(13-4-3-7-16-13)8-14-9-12-5-6-15(2)10-12/h3-7,10-11,14H,8-9H2,1-2H3. The molecule has 2 heterocycles. The summed E-state index contributed by atoms with van der Waals surface area (Å²) in [6.07, 6.45) is 4.24. The van der Waals surface area contributed by atoms with Crippen LogP contribution in [0.1, 0.15) is 23.3 Å². The van der Waals surface area contributed by atoms with Crippen LogP contribution in [0.25, 0.3) is 0 Å². The number of aryl methyl sites for hydroxylation is 1. The Labute approximate surface area is 101 Å². The van der Waals surface area contributed by atoms with E-state index >= 15 is 0 Å². The lowest BCUT2D eigenvalue weighted by Crippen LogP contribution is -2.18. The van der Waals surface area contributed by atoms with Gasteiger partial charge in [-0.05, 0) is 23.1 Å². The molecule has 1 N–H and O–H groups in total. The number of rotatable bonds is 5. The molecule has 0 aliphatic rings. The van der Waals surface area contributed by atoms with Crippen molar-refractivity contribution in [2.75, 3.05) is 6.54 Å². The Balaban J connectivity index is 1.76. The van der Waals surface area contributed by atoms with E-state index < -0.39 is 0 Å². The summed E-state index contributed by atoms with van der Waals surface area (Å²) in [6, 6.07) is 6.48. The van der Waals surface area contributed by atoms with E-state index in [9.17, 15) is 0 Å². The molecule has 0 aliphatic heterocycles. The van der Waals surface area contributed by atoms with Crippen molar-refractivity contribution in [1.82, 2.24) is 9.88 Å². The van der Waals surface area contributed by atoms with Crippen LogP contribution in [-0.2, 0) is 13.6 Å². The van der Waals surface area contributed by atoms with Crippen molar-refractivity contribution in [2.24, 2.45) is 7.05 Å². The van der Waals surface area contributed by atoms with Crippen molar-refractivity contribution in [3.8, 4) is 0 Å². The first kappa shape index (κ1) is 11.4. The van der Waals surface area contributed by atoms with Crippen molar-refractivity contribution in [3.63, 3.8) is 0 Å². The Bertz CT molecular complexity index is 417. The second-order valence-electron chi connectivity index (χ2n) is 4.23. The van der Waals surface area contributed by atoms with Gasteiger partial charge < -0.3 is 9.88 Å². The molecule has 86 valence electrons. The highest BCUT2D eigenvalue weighted by molar-refractivity contribution is 7.10. The number of nitrogens with one attached hydrogen (secondary N) is 1. The van der Waals surface area contributed by atoms with E-state index in [1.807, 2.05) is 11.3 Å². The van der Waals surface area contributed by atoms with Crippen molar-refractivity contribution >= 4 is 11.3 Å². The number of hydrogen-bond acceptors (Lipinski definition) is 2. The quantitative estimate of drug-likeness (QED) is 0.841. The molecule has 0 fully saturated rings. The fraction of sp³-hybridized carbons (Fsp3) is 0.385. The first-order valence-electron chi connectivity index (χ1n) is 5.60. The maximum Gasteiger partial charge on any atom is 0.0220 e. The van der Waals surface area contributed by atoms with Crippen LogP contribution >= 0.6 is 11.3 Å². The van der Waals surface area contributed by atoms with Gasteiger partial charge >= 0.3 is 0 Å². The number of thiophene rings is 1. The van der Waals surface area contributed by atoms with E-state index in [4.69, 9.17) is 0 Å². The van der Waals surface area contributed by atoms with Crippen LogP contribution in [0.5, 0.6) is 0 Å². The topological polar surface area (TPSA) is 17.0 Å². The van der Waals surface area contributed by atoms with Gasteiger partial charge in [0.25, 0.3) is 0 Å². The molecule has 0 saturated carbocycles. The summed E-state index contributed by atoms with van der Waals surface area (Å²) >= 11 is 1.84. The van der Waals surface area contributed by atoms with Gasteiger partial charge in [0.1, 0.15) is 0 Å². The molecule has 0 radical (unpaired) electrons. The molecule has 0 spiro atoms. The van der Waals surface area contributed by atoms with Crippen LogP contribution in [0.15, 0.2) is 36.0 Å². The van der Waals surface area contributed by atoms with Gasteiger partial charge in [-0.3, -0.25) is 0 Å². The van der Waals surface area contributed by atoms with Gasteiger partial charge in [0.15, 0.2) is 0 Å². The van der Waals surface area contributed by atoms with Crippen LogP contribution in [0.3, 0.4) is 0 Å².